The second-order valence-electron chi connectivity index (χ2n) is 5.51. The molecule has 2 rings (SSSR count). The van der Waals surface area contributed by atoms with Gasteiger partial charge in [-0.25, -0.2) is 0 Å². The predicted octanol–water partition coefficient (Wildman–Crippen LogP) is 3.43. The van der Waals surface area contributed by atoms with Crippen molar-refractivity contribution in [3.63, 3.8) is 0 Å². The lowest BCUT2D eigenvalue weighted by Gasteiger charge is -2.13. The molecule has 0 aliphatic heterocycles. The van der Waals surface area contributed by atoms with Crippen LogP contribution < -0.4 is 5.32 Å². The van der Waals surface area contributed by atoms with Crippen LogP contribution in [0.15, 0.2) is 29.4 Å². The molecule has 0 radical (unpaired) electrons. The lowest BCUT2D eigenvalue weighted by atomic mass is 10.1. The first kappa shape index (κ1) is 19.3. The van der Waals surface area contributed by atoms with E-state index in [9.17, 15) is 18.0 Å². The zero-order valence-electron chi connectivity index (χ0n) is 14.1. The molecule has 1 heterocycles. The number of hydrogen-bond acceptors (Lipinski definition) is 4. The Bertz CT molecular complexity index is 745. The number of benzene rings is 1. The van der Waals surface area contributed by atoms with Gasteiger partial charge in [0.1, 0.15) is 6.54 Å². The molecule has 0 saturated heterocycles. The summed E-state index contributed by atoms with van der Waals surface area (Å²) in [6, 6.07) is 7.78. The number of carbonyl (C=O) groups is 1. The van der Waals surface area contributed by atoms with Gasteiger partial charge in [-0.05, 0) is 26.8 Å². The van der Waals surface area contributed by atoms with Crippen LogP contribution in [-0.4, -0.2) is 38.6 Å². The molecular weight excluding hydrogens is 353 g/mol. The number of hydrogen-bond donors (Lipinski definition) is 1. The number of amides is 1. The number of thioether (sulfide) groups is 1. The number of nitrogens with one attached hydrogen (secondary N) is 1. The number of alkyl halides is 3. The maximum Gasteiger partial charge on any atom is 0.405 e. The summed E-state index contributed by atoms with van der Waals surface area (Å²) in [5, 5.41) is 9.93. The third-order valence-corrected chi connectivity index (χ3v) is 4.50. The Morgan fingerprint density at radius 3 is 2.68 bits per heavy atom. The Morgan fingerprint density at radius 1 is 1.36 bits per heavy atom. The second kappa shape index (κ2) is 7.90. The third kappa shape index (κ3) is 5.22. The summed E-state index contributed by atoms with van der Waals surface area (Å²) in [7, 11) is 0. The van der Waals surface area contributed by atoms with Gasteiger partial charge in [0.2, 0.25) is 5.91 Å². The van der Waals surface area contributed by atoms with E-state index in [-0.39, 0.29) is 0 Å². The topological polar surface area (TPSA) is 59.8 Å². The van der Waals surface area contributed by atoms with E-state index in [0.29, 0.717) is 17.5 Å². The molecule has 1 unspecified atom stereocenters. The highest BCUT2D eigenvalue weighted by atomic mass is 32.2. The molecule has 0 saturated carbocycles. The number of aromatic nitrogens is 3. The number of halogens is 3. The van der Waals surface area contributed by atoms with Crippen LogP contribution in [0, 0.1) is 6.92 Å². The van der Waals surface area contributed by atoms with Crippen LogP contribution in [0.5, 0.6) is 0 Å². The molecule has 1 amide bonds. The molecule has 1 aromatic carbocycles. The minimum atomic E-state index is -4.43. The smallest absolute Gasteiger partial charge is 0.346 e. The van der Waals surface area contributed by atoms with E-state index in [0.717, 1.165) is 22.9 Å². The van der Waals surface area contributed by atoms with Crippen LogP contribution >= 0.6 is 11.8 Å². The SMILES string of the molecule is CCn1c(SC(C)C(=O)NCC(F)(F)F)nnc1-c1cccc(C)c1. The molecule has 9 heteroatoms. The number of carbonyl (C=O) groups excluding carboxylic acids is 1. The standard InChI is InChI=1S/C16H19F3N4OS/c1-4-23-13(12-7-5-6-10(2)8-12)21-22-15(23)25-11(3)14(24)20-9-16(17,18)19/h5-8,11H,4,9H2,1-3H3,(H,20,24). The van der Waals surface area contributed by atoms with Crippen LogP contribution in [0.1, 0.15) is 19.4 Å². The Hall–Kier alpha value is -2.03. The predicted molar refractivity (Wildman–Crippen MR) is 90.3 cm³/mol. The lowest BCUT2D eigenvalue weighted by molar-refractivity contribution is -0.137. The summed E-state index contributed by atoms with van der Waals surface area (Å²) in [5.41, 5.74) is 1.98. The van der Waals surface area contributed by atoms with Crippen molar-refractivity contribution >= 4 is 17.7 Å². The monoisotopic (exact) mass is 372 g/mol. The van der Waals surface area contributed by atoms with E-state index in [1.165, 1.54) is 6.92 Å². The number of nitrogens with zero attached hydrogens (tertiary/aromatic N) is 3. The van der Waals surface area contributed by atoms with Gasteiger partial charge in [0.25, 0.3) is 0 Å². The second-order valence-corrected chi connectivity index (χ2v) is 6.82. The largest absolute Gasteiger partial charge is 0.405 e. The maximum absolute atomic E-state index is 12.2. The molecule has 1 aromatic heterocycles. The first-order valence-corrected chi connectivity index (χ1v) is 8.60. The van der Waals surface area contributed by atoms with Gasteiger partial charge in [-0.2, -0.15) is 13.2 Å². The molecule has 2 aromatic rings. The molecule has 25 heavy (non-hydrogen) atoms. The van der Waals surface area contributed by atoms with Crippen molar-refractivity contribution in [3.05, 3.63) is 29.8 Å². The van der Waals surface area contributed by atoms with Gasteiger partial charge in [0, 0.05) is 12.1 Å². The number of rotatable bonds is 6. The fourth-order valence-electron chi connectivity index (χ4n) is 2.20. The van der Waals surface area contributed by atoms with Crippen LogP contribution in [0.3, 0.4) is 0 Å². The van der Waals surface area contributed by atoms with Crippen LogP contribution in [0.25, 0.3) is 11.4 Å². The molecule has 0 bridgehead atoms. The maximum atomic E-state index is 12.2. The van der Waals surface area contributed by atoms with Gasteiger partial charge < -0.3 is 9.88 Å². The summed E-state index contributed by atoms with van der Waals surface area (Å²) in [4.78, 5) is 11.8. The Labute approximate surface area is 148 Å². The Balaban J connectivity index is 2.14. The van der Waals surface area contributed by atoms with Gasteiger partial charge in [-0.3, -0.25) is 4.79 Å². The fourth-order valence-corrected chi connectivity index (χ4v) is 3.14. The molecule has 0 fully saturated rings. The zero-order valence-corrected chi connectivity index (χ0v) is 14.9. The zero-order chi connectivity index (χ0) is 18.6. The van der Waals surface area contributed by atoms with Gasteiger partial charge in [-0.1, -0.05) is 35.5 Å². The van der Waals surface area contributed by atoms with Crippen molar-refractivity contribution in [1.29, 1.82) is 0 Å². The van der Waals surface area contributed by atoms with Crippen molar-refractivity contribution in [2.75, 3.05) is 6.54 Å². The van der Waals surface area contributed by atoms with Crippen LogP contribution in [0.2, 0.25) is 0 Å². The molecular formula is C16H19F3N4OS. The summed E-state index contributed by atoms with van der Waals surface area (Å²) in [6.45, 7) is 4.67. The first-order chi connectivity index (χ1) is 11.7. The van der Waals surface area contributed by atoms with E-state index >= 15 is 0 Å². The summed E-state index contributed by atoms with van der Waals surface area (Å²) in [6.07, 6.45) is -4.43. The van der Waals surface area contributed by atoms with Crippen LogP contribution in [0.4, 0.5) is 13.2 Å². The van der Waals surface area contributed by atoms with Gasteiger partial charge in [0.05, 0.1) is 5.25 Å². The summed E-state index contributed by atoms with van der Waals surface area (Å²) >= 11 is 1.08. The average molecular weight is 372 g/mol. The van der Waals surface area contributed by atoms with E-state index in [2.05, 4.69) is 10.2 Å². The van der Waals surface area contributed by atoms with Crippen molar-refractivity contribution in [1.82, 2.24) is 20.1 Å². The number of aryl methyl sites for hydroxylation is 1. The van der Waals surface area contributed by atoms with Crippen molar-refractivity contribution in [2.24, 2.45) is 0 Å². The van der Waals surface area contributed by atoms with Gasteiger partial charge in [0.15, 0.2) is 11.0 Å². The molecule has 0 aliphatic rings. The highest BCUT2D eigenvalue weighted by Crippen LogP contribution is 2.27. The van der Waals surface area contributed by atoms with E-state index < -0.39 is 23.9 Å². The van der Waals surface area contributed by atoms with Crippen molar-refractivity contribution in [3.8, 4) is 11.4 Å². The molecule has 1 atom stereocenters. The molecule has 5 nitrogen and oxygen atoms in total. The summed E-state index contributed by atoms with van der Waals surface area (Å²) in [5.74, 6) is -0.0262. The molecule has 0 aliphatic carbocycles. The molecule has 136 valence electrons. The Kier molecular flexibility index (Phi) is 6.10. The quantitative estimate of drug-likeness (QED) is 0.790. The van der Waals surface area contributed by atoms with E-state index in [1.807, 2.05) is 48.0 Å². The Morgan fingerprint density at radius 2 is 2.08 bits per heavy atom. The molecule has 0 spiro atoms. The van der Waals surface area contributed by atoms with Crippen LogP contribution in [-0.2, 0) is 11.3 Å². The van der Waals surface area contributed by atoms with Crippen molar-refractivity contribution in [2.45, 2.75) is 43.9 Å². The summed E-state index contributed by atoms with van der Waals surface area (Å²) < 4.78 is 38.4. The highest BCUT2D eigenvalue weighted by Gasteiger charge is 2.29. The molecule has 1 N–H and O–H groups in total. The van der Waals surface area contributed by atoms with Crippen molar-refractivity contribution < 1.29 is 18.0 Å². The third-order valence-electron chi connectivity index (χ3n) is 3.42. The highest BCUT2D eigenvalue weighted by molar-refractivity contribution is 8.00. The lowest BCUT2D eigenvalue weighted by Crippen LogP contribution is -2.38. The minimum absolute atomic E-state index is 0.494. The normalized spacial score (nSPS) is 12.9. The van der Waals surface area contributed by atoms with Gasteiger partial charge in [-0.15, -0.1) is 10.2 Å². The fraction of sp³-hybridized carbons (Fsp3) is 0.438. The minimum Gasteiger partial charge on any atom is -0.346 e. The van der Waals surface area contributed by atoms with E-state index in [1.54, 1.807) is 0 Å². The average Bonchev–Trinajstić information content (AvgIpc) is 2.94. The van der Waals surface area contributed by atoms with E-state index in [4.69, 9.17) is 0 Å². The van der Waals surface area contributed by atoms with Gasteiger partial charge >= 0.3 is 6.18 Å². The first-order valence-electron chi connectivity index (χ1n) is 7.72.